The first-order valence-corrected chi connectivity index (χ1v) is 7.30. The van der Waals surface area contributed by atoms with Crippen LogP contribution >= 0.6 is 23.2 Å². The smallest absolute Gasteiger partial charge is 0.340 e. The number of nitrogens with two attached hydrogens (primary N) is 1. The van der Waals surface area contributed by atoms with Gasteiger partial charge in [0, 0.05) is 15.6 Å². The van der Waals surface area contributed by atoms with Crippen LogP contribution in [0, 0.1) is 0 Å². The second-order valence-corrected chi connectivity index (χ2v) is 5.43. The van der Waals surface area contributed by atoms with E-state index >= 15 is 0 Å². The van der Waals surface area contributed by atoms with Gasteiger partial charge < -0.3 is 10.5 Å². The first kappa shape index (κ1) is 15.7. The number of ether oxygens (including phenoxy) is 1. The van der Waals surface area contributed by atoms with Crippen molar-refractivity contribution in [1.82, 2.24) is 0 Å². The lowest BCUT2D eigenvalue weighted by Gasteiger charge is -2.12. The monoisotopic (exact) mass is 323 g/mol. The maximum Gasteiger partial charge on any atom is 0.340 e. The van der Waals surface area contributed by atoms with Gasteiger partial charge in [-0.25, -0.2) is 4.79 Å². The van der Waals surface area contributed by atoms with Gasteiger partial charge in [-0.3, -0.25) is 0 Å². The normalized spacial score (nSPS) is 10.4. The van der Waals surface area contributed by atoms with Gasteiger partial charge in [0.15, 0.2) is 0 Å². The topological polar surface area (TPSA) is 52.3 Å². The molecule has 0 aliphatic carbocycles. The summed E-state index contributed by atoms with van der Waals surface area (Å²) in [5.41, 5.74) is 8.25. The molecule has 2 N–H and O–H groups in total. The lowest BCUT2D eigenvalue weighted by molar-refractivity contribution is 0.0506. The molecule has 0 aliphatic heterocycles. The highest BCUT2D eigenvalue weighted by molar-refractivity contribution is 6.32. The number of halogens is 2. The number of hydrogen-bond acceptors (Lipinski definition) is 3. The van der Waals surface area contributed by atoms with E-state index < -0.39 is 5.97 Å². The van der Waals surface area contributed by atoms with Crippen molar-refractivity contribution in [2.45, 2.75) is 13.3 Å². The fraction of sp³-hybridized carbons (Fsp3) is 0.188. The van der Waals surface area contributed by atoms with Gasteiger partial charge in [-0.15, -0.1) is 0 Å². The molecule has 3 nitrogen and oxygen atoms in total. The molecule has 5 heteroatoms. The summed E-state index contributed by atoms with van der Waals surface area (Å²) in [7, 11) is 0. The van der Waals surface area contributed by atoms with Crippen LogP contribution in [-0.2, 0) is 4.74 Å². The van der Waals surface area contributed by atoms with Crippen molar-refractivity contribution < 1.29 is 9.53 Å². The third-order valence-electron chi connectivity index (χ3n) is 2.96. The van der Waals surface area contributed by atoms with Crippen molar-refractivity contribution in [3.8, 4) is 11.1 Å². The number of rotatable bonds is 4. The van der Waals surface area contributed by atoms with Crippen LogP contribution in [0.2, 0.25) is 10.0 Å². The summed E-state index contributed by atoms with van der Waals surface area (Å²) in [6.45, 7) is 2.27. The minimum Gasteiger partial charge on any atom is -0.462 e. The average molecular weight is 324 g/mol. The summed E-state index contributed by atoms with van der Waals surface area (Å²) >= 11 is 12.0. The van der Waals surface area contributed by atoms with Gasteiger partial charge >= 0.3 is 5.97 Å². The minimum absolute atomic E-state index is 0.279. The Morgan fingerprint density at radius 1 is 1.14 bits per heavy atom. The predicted octanol–water partition coefficient (Wildman–Crippen LogP) is 4.81. The predicted molar refractivity (Wildman–Crippen MR) is 86.9 cm³/mol. The number of nitrogen functional groups attached to an aromatic ring is 1. The molecule has 0 spiro atoms. The van der Waals surface area contributed by atoms with E-state index in [9.17, 15) is 4.79 Å². The van der Waals surface area contributed by atoms with E-state index in [-0.39, 0.29) is 5.56 Å². The maximum absolute atomic E-state index is 12.0. The molecule has 0 fully saturated rings. The van der Waals surface area contributed by atoms with Crippen LogP contribution < -0.4 is 5.73 Å². The van der Waals surface area contributed by atoms with E-state index in [2.05, 4.69) is 0 Å². The van der Waals surface area contributed by atoms with Crippen LogP contribution in [-0.4, -0.2) is 12.6 Å². The van der Waals surface area contributed by atoms with Crippen molar-refractivity contribution in [3.63, 3.8) is 0 Å². The molecule has 0 heterocycles. The zero-order chi connectivity index (χ0) is 15.4. The highest BCUT2D eigenvalue weighted by atomic mass is 35.5. The molecule has 2 aromatic rings. The van der Waals surface area contributed by atoms with Gasteiger partial charge in [0.2, 0.25) is 0 Å². The molecule has 0 amide bonds. The largest absolute Gasteiger partial charge is 0.462 e. The minimum atomic E-state index is -0.466. The first-order valence-electron chi connectivity index (χ1n) is 6.55. The Morgan fingerprint density at radius 2 is 1.81 bits per heavy atom. The number of benzene rings is 2. The molecule has 0 aliphatic rings. The van der Waals surface area contributed by atoms with Gasteiger partial charge in [-0.05, 0) is 36.2 Å². The third-order valence-corrected chi connectivity index (χ3v) is 3.43. The Morgan fingerprint density at radius 3 is 2.43 bits per heavy atom. The lowest BCUT2D eigenvalue weighted by Crippen LogP contribution is -2.09. The Labute approximate surface area is 133 Å². The molecule has 0 unspecified atom stereocenters. The highest BCUT2D eigenvalue weighted by Crippen LogP contribution is 2.33. The molecule has 0 radical (unpaired) electrons. The van der Waals surface area contributed by atoms with Crippen LogP contribution in [0.1, 0.15) is 23.7 Å². The third kappa shape index (κ3) is 3.69. The van der Waals surface area contributed by atoms with Crippen molar-refractivity contribution >= 4 is 34.9 Å². The molecule has 0 saturated heterocycles. The summed E-state index contributed by atoms with van der Waals surface area (Å²) in [6, 6.07) is 10.4. The summed E-state index contributed by atoms with van der Waals surface area (Å²) in [6.07, 6.45) is 0.746. The zero-order valence-corrected chi connectivity index (χ0v) is 13.0. The molecule has 110 valence electrons. The second kappa shape index (κ2) is 6.83. The van der Waals surface area contributed by atoms with Gasteiger partial charge in [-0.1, -0.05) is 42.3 Å². The van der Waals surface area contributed by atoms with Crippen molar-refractivity contribution in [3.05, 3.63) is 52.0 Å². The van der Waals surface area contributed by atoms with E-state index in [4.69, 9.17) is 33.7 Å². The van der Waals surface area contributed by atoms with E-state index in [1.165, 1.54) is 6.07 Å². The molecule has 0 bridgehead atoms. The van der Waals surface area contributed by atoms with Crippen LogP contribution in [0.25, 0.3) is 11.1 Å². The van der Waals surface area contributed by atoms with Gasteiger partial charge in [0.05, 0.1) is 17.9 Å². The molecule has 0 aromatic heterocycles. The van der Waals surface area contributed by atoms with Gasteiger partial charge in [0.25, 0.3) is 0 Å². The molecule has 0 atom stereocenters. The fourth-order valence-electron chi connectivity index (χ4n) is 1.93. The van der Waals surface area contributed by atoms with E-state index in [1.54, 1.807) is 18.2 Å². The quantitative estimate of drug-likeness (QED) is 0.648. The first-order chi connectivity index (χ1) is 10.0. The van der Waals surface area contributed by atoms with Crippen LogP contribution in [0.3, 0.4) is 0 Å². The SMILES string of the molecule is CCCOC(=O)c1cc(Cl)cc(-c2ccc(Cl)cc2)c1N. The Balaban J connectivity index is 2.46. The Kier molecular flexibility index (Phi) is 5.10. The zero-order valence-electron chi connectivity index (χ0n) is 11.5. The molecule has 2 aromatic carbocycles. The van der Waals surface area contributed by atoms with E-state index in [0.717, 1.165) is 12.0 Å². The van der Waals surface area contributed by atoms with Crippen molar-refractivity contribution in [2.24, 2.45) is 0 Å². The standard InChI is InChI=1S/C16H15Cl2NO2/c1-2-7-21-16(20)14-9-12(18)8-13(15(14)19)10-3-5-11(17)6-4-10/h3-6,8-9H,2,7,19H2,1H3. The maximum atomic E-state index is 12.0. The summed E-state index contributed by atoms with van der Waals surface area (Å²) in [5.74, 6) is -0.466. The van der Waals surface area contributed by atoms with Crippen LogP contribution in [0.15, 0.2) is 36.4 Å². The number of esters is 1. The number of hydrogen-bond donors (Lipinski definition) is 1. The van der Waals surface area contributed by atoms with Gasteiger partial charge in [0.1, 0.15) is 0 Å². The highest BCUT2D eigenvalue weighted by Gasteiger charge is 2.16. The van der Waals surface area contributed by atoms with Crippen molar-refractivity contribution in [1.29, 1.82) is 0 Å². The Bertz CT molecular complexity index is 654. The molecular weight excluding hydrogens is 309 g/mol. The number of carbonyl (C=O) groups excluding carboxylic acids is 1. The summed E-state index contributed by atoms with van der Waals surface area (Å²) in [5, 5.41) is 1.06. The van der Waals surface area contributed by atoms with E-state index in [1.807, 2.05) is 19.1 Å². The van der Waals surface area contributed by atoms with Crippen LogP contribution in [0.5, 0.6) is 0 Å². The average Bonchev–Trinajstić information content (AvgIpc) is 2.47. The molecule has 21 heavy (non-hydrogen) atoms. The summed E-state index contributed by atoms with van der Waals surface area (Å²) in [4.78, 5) is 12.0. The summed E-state index contributed by atoms with van der Waals surface area (Å²) < 4.78 is 5.12. The Hall–Kier alpha value is -1.71. The lowest BCUT2D eigenvalue weighted by atomic mass is 10.0. The van der Waals surface area contributed by atoms with Gasteiger partial charge in [-0.2, -0.15) is 0 Å². The molecule has 0 saturated carbocycles. The molecule has 2 rings (SSSR count). The number of carbonyl (C=O) groups is 1. The fourth-order valence-corrected chi connectivity index (χ4v) is 2.27. The van der Waals surface area contributed by atoms with E-state index in [0.29, 0.717) is 27.9 Å². The van der Waals surface area contributed by atoms with Crippen molar-refractivity contribution in [2.75, 3.05) is 12.3 Å². The van der Waals surface area contributed by atoms with Crippen LogP contribution in [0.4, 0.5) is 5.69 Å². The number of anilines is 1. The molecular formula is C16H15Cl2NO2. The second-order valence-electron chi connectivity index (χ2n) is 4.56.